The molecule has 2 nitrogen and oxygen atoms in total. The van der Waals surface area contributed by atoms with Crippen molar-refractivity contribution < 1.29 is 9.13 Å². The Bertz CT molecular complexity index is 371. The smallest absolute Gasteiger partial charge is 0.127 e. The Morgan fingerprint density at radius 3 is 2.59 bits per heavy atom. The number of halogens is 1. The van der Waals surface area contributed by atoms with E-state index in [-0.39, 0.29) is 17.5 Å². The van der Waals surface area contributed by atoms with Crippen LogP contribution in [0.25, 0.3) is 0 Å². The molecule has 1 unspecified atom stereocenters. The van der Waals surface area contributed by atoms with E-state index in [9.17, 15) is 4.39 Å². The van der Waals surface area contributed by atoms with Gasteiger partial charge in [-0.15, -0.1) is 0 Å². The largest absolute Gasteiger partial charge is 0.378 e. The summed E-state index contributed by atoms with van der Waals surface area (Å²) in [5, 5.41) is 3.20. The number of hydrogen-bond donors (Lipinski definition) is 1. The highest BCUT2D eigenvalue weighted by molar-refractivity contribution is 5.22. The molecule has 2 rings (SSSR count). The van der Waals surface area contributed by atoms with Crippen molar-refractivity contribution in [3.63, 3.8) is 0 Å². The molecule has 1 atom stereocenters. The summed E-state index contributed by atoms with van der Waals surface area (Å²) < 4.78 is 19.4. The van der Waals surface area contributed by atoms with Gasteiger partial charge < -0.3 is 10.1 Å². The van der Waals surface area contributed by atoms with Crippen LogP contribution in [-0.4, -0.2) is 19.8 Å². The molecule has 1 N–H and O–H groups in total. The van der Waals surface area contributed by atoms with Crippen molar-refractivity contribution in [2.45, 2.75) is 37.3 Å². The molecule has 0 aliphatic heterocycles. The number of benzene rings is 1. The number of hydrogen-bond acceptors (Lipinski definition) is 2. The third-order valence-electron chi connectivity index (χ3n) is 3.90. The lowest BCUT2D eigenvalue weighted by molar-refractivity contribution is -0.0836. The summed E-state index contributed by atoms with van der Waals surface area (Å²) >= 11 is 0. The molecule has 0 aromatic heterocycles. The molecular formula is C14H20FNO. The van der Waals surface area contributed by atoms with Crippen LogP contribution in [-0.2, 0) is 4.74 Å². The van der Waals surface area contributed by atoms with E-state index >= 15 is 0 Å². The topological polar surface area (TPSA) is 21.3 Å². The van der Waals surface area contributed by atoms with Gasteiger partial charge >= 0.3 is 0 Å². The third-order valence-corrected chi connectivity index (χ3v) is 3.90. The Hall–Kier alpha value is -0.930. The van der Waals surface area contributed by atoms with Crippen LogP contribution in [0.5, 0.6) is 0 Å². The second kappa shape index (κ2) is 5.15. The Balaban J connectivity index is 2.14. The maximum absolute atomic E-state index is 13.7. The summed E-state index contributed by atoms with van der Waals surface area (Å²) in [7, 11) is 3.63. The lowest BCUT2D eigenvalue weighted by Crippen LogP contribution is -2.42. The summed E-state index contributed by atoms with van der Waals surface area (Å²) in [6.07, 6.45) is 4.20. The standard InChI is InChI=1S/C14H20FNO/c1-16-13(10-14(17-2)8-5-9-14)11-6-3-4-7-12(11)15/h3-4,6-7,13,16H,5,8-10H2,1-2H3. The highest BCUT2D eigenvalue weighted by Gasteiger charge is 2.39. The highest BCUT2D eigenvalue weighted by atomic mass is 19.1. The SMILES string of the molecule is CNC(CC1(OC)CCC1)c1ccccc1F. The van der Waals surface area contributed by atoms with E-state index in [0.717, 1.165) is 24.8 Å². The van der Waals surface area contributed by atoms with Gasteiger partial charge in [0, 0.05) is 18.7 Å². The Kier molecular flexibility index (Phi) is 3.79. The number of methoxy groups -OCH3 is 1. The van der Waals surface area contributed by atoms with Crippen LogP contribution in [0.15, 0.2) is 24.3 Å². The monoisotopic (exact) mass is 237 g/mol. The Labute approximate surface area is 102 Å². The van der Waals surface area contributed by atoms with E-state index in [1.54, 1.807) is 13.2 Å². The fourth-order valence-corrected chi connectivity index (χ4v) is 2.56. The van der Waals surface area contributed by atoms with Crippen molar-refractivity contribution in [2.24, 2.45) is 0 Å². The maximum atomic E-state index is 13.7. The molecule has 17 heavy (non-hydrogen) atoms. The first-order chi connectivity index (χ1) is 8.21. The van der Waals surface area contributed by atoms with Crippen molar-refractivity contribution in [1.29, 1.82) is 0 Å². The van der Waals surface area contributed by atoms with E-state index in [1.807, 2.05) is 19.2 Å². The Morgan fingerprint density at radius 2 is 2.12 bits per heavy atom. The van der Waals surface area contributed by atoms with Crippen molar-refractivity contribution >= 4 is 0 Å². The molecule has 0 bridgehead atoms. The molecule has 3 heteroatoms. The first-order valence-corrected chi connectivity index (χ1v) is 6.17. The fourth-order valence-electron chi connectivity index (χ4n) is 2.56. The van der Waals surface area contributed by atoms with E-state index in [4.69, 9.17) is 4.74 Å². The minimum absolute atomic E-state index is 0.0245. The fraction of sp³-hybridized carbons (Fsp3) is 0.571. The number of rotatable bonds is 5. The average molecular weight is 237 g/mol. The first kappa shape index (κ1) is 12.5. The lowest BCUT2D eigenvalue weighted by Gasteiger charge is -2.42. The zero-order valence-corrected chi connectivity index (χ0v) is 10.5. The van der Waals surface area contributed by atoms with Gasteiger partial charge in [-0.05, 0) is 38.8 Å². The van der Waals surface area contributed by atoms with Crippen LogP contribution >= 0.6 is 0 Å². The second-order valence-electron chi connectivity index (χ2n) is 4.81. The van der Waals surface area contributed by atoms with Gasteiger partial charge in [0.05, 0.1) is 5.60 Å². The molecule has 94 valence electrons. The van der Waals surface area contributed by atoms with Gasteiger partial charge in [0.25, 0.3) is 0 Å². The van der Waals surface area contributed by atoms with Crippen LogP contribution in [0.2, 0.25) is 0 Å². The molecule has 1 aromatic carbocycles. The summed E-state index contributed by atoms with van der Waals surface area (Å²) in [5.41, 5.74) is 0.689. The van der Waals surface area contributed by atoms with Crippen LogP contribution in [0.1, 0.15) is 37.3 Å². The zero-order chi connectivity index (χ0) is 12.3. The second-order valence-corrected chi connectivity index (χ2v) is 4.81. The van der Waals surface area contributed by atoms with Gasteiger partial charge in [0.1, 0.15) is 5.82 Å². The normalized spacial score (nSPS) is 19.7. The van der Waals surface area contributed by atoms with E-state index in [0.29, 0.717) is 0 Å². The minimum atomic E-state index is -0.141. The quantitative estimate of drug-likeness (QED) is 0.850. The maximum Gasteiger partial charge on any atom is 0.127 e. The zero-order valence-electron chi connectivity index (χ0n) is 10.5. The molecule has 0 spiro atoms. The summed E-state index contributed by atoms with van der Waals surface area (Å²) in [6, 6.07) is 6.99. The molecule has 0 saturated heterocycles. The predicted molar refractivity (Wildman–Crippen MR) is 66.4 cm³/mol. The molecule has 1 aliphatic carbocycles. The molecule has 1 aromatic rings. The van der Waals surface area contributed by atoms with Gasteiger partial charge in [-0.2, -0.15) is 0 Å². The van der Waals surface area contributed by atoms with Crippen LogP contribution < -0.4 is 5.32 Å². The van der Waals surface area contributed by atoms with Crippen LogP contribution in [0.4, 0.5) is 4.39 Å². The van der Waals surface area contributed by atoms with Gasteiger partial charge in [0.2, 0.25) is 0 Å². The molecule has 1 aliphatic rings. The summed E-state index contributed by atoms with van der Waals surface area (Å²) in [4.78, 5) is 0. The highest BCUT2D eigenvalue weighted by Crippen LogP contribution is 2.42. The van der Waals surface area contributed by atoms with E-state index < -0.39 is 0 Å². The predicted octanol–water partition coefficient (Wildman–Crippen LogP) is 3.05. The van der Waals surface area contributed by atoms with Crippen molar-refractivity contribution in [2.75, 3.05) is 14.2 Å². The minimum Gasteiger partial charge on any atom is -0.378 e. The van der Waals surface area contributed by atoms with E-state index in [1.165, 1.54) is 12.5 Å². The molecular weight excluding hydrogens is 217 g/mol. The molecule has 0 heterocycles. The Morgan fingerprint density at radius 1 is 1.41 bits per heavy atom. The summed E-state index contributed by atoms with van der Waals surface area (Å²) in [5.74, 6) is -0.141. The van der Waals surface area contributed by atoms with E-state index in [2.05, 4.69) is 5.32 Å². The number of nitrogens with one attached hydrogen (secondary N) is 1. The lowest BCUT2D eigenvalue weighted by atomic mass is 9.74. The van der Waals surface area contributed by atoms with Crippen molar-refractivity contribution in [1.82, 2.24) is 5.32 Å². The van der Waals surface area contributed by atoms with Gasteiger partial charge in [-0.3, -0.25) is 0 Å². The van der Waals surface area contributed by atoms with Crippen LogP contribution in [0, 0.1) is 5.82 Å². The molecule has 1 saturated carbocycles. The summed E-state index contributed by atoms with van der Waals surface area (Å²) in [6.45, 7) is 0. The molecule has 0 radical (unpaired) electrons. The first-order valence-electron chi connectivity index (χ1n) is 6.17. The molecule has 0 amide bonds. The van der Waals surface area contributed by atoms with Gasteiger partial charge in [-0.25, -0.2) is 4.39 Å². The van der Waals surface area contributed by atoms with Gasteiger partial charge in [0.15, 0.2) is 0 Å². The average Bonchev–Trinajstić information content (AvgIpc) is 2.30. The third kappa shape index (κ3) is 2.50. The molecule has 1 fully saturated rings. The van der Waals surface area contributed by atoms with Crippen molar-refractivity contribution in [3.05, 3.63) is 35.6 Å². The van der Waals surface area contributed by atoms with Gasteiger partial charge in [-0.1, -0.05) is 18.2 Å². The number of ether oxygens (including phenoxy) is 1. The van der Waals surface area contributed by atoms with Crippen LogP contribution in [0.3, 0.4) is 0 Å². The van der Waals surface area contributed by atoms with Crippen molar-refractivity contribution in [3.8, 4) is 0 Å².